The Labute approximate surface area is 109 Å². The summed E-state index contributed by atoms with van der Waals surface area (Å²) in [6, 6.07) is -0.407. The van der Waals surface area contributed by atoms with E-state index in [-0.39, 0.29) is 6.07 Å². The second kappa shape index (κ2) is 4.90. The van der Waals surface area contributed by atoms with Crippen molar-refractivity contribution in [3.8, 4) is 5.75 Å². The van der Waals surface area contributed by atoms with Crippen molar-refractivity contribution in [1.29, 1.82) is 0 Å². The van der Waals surface area contributed by atoms with Crippen LogP contribution in [0.1, 0.15) is 11.1 Å². The summed E-state index contributed by atoms with van der Waals surface area (Å²) in [5.41, 5.74) is -4.64. The van der Waals surface area contributed by atoms with Crippen molar-refractivity contribution in [2.45, 2.75) is 18.7 Å². The van der Waals surface area contributed by atoms with E-state index in [1.165, 1.54) is 0 Å². The Bertz CT molecular complexity index is 500. The Morgan fingerprint density at radius 2 is 1.30 bits per heavy atom. The molecule has 0 aromatic heterocycles. The van der Waals surface area contributed by atoms with Crippen LogP contribution in [0.5, 0.6) is 5.75 Å². The van der Waals surface area contributed by atoms with E-state index < -0.39 is 46.7 Å². The normalized spacial score (nSPS) is 13.5. The molecular formula is C9H2ClF9O. The zero-order chi connectivity index (χ0) is 15.9. The molecule has 0 atom stereocenters. The van der Waals surface area contributed by atoms with Gasteiger partial charge in [0.25, 0.3) is 0 Å². The van der Waals surface area contributed by atoms with Gasteiger partial charge in [-0.15, -0.1) is 13.2 Å². The topological polar surface area (TPSA) is 9.23 Å². The summed E-state index contributed by atoms with van der Waals surface area (Å²) in [6.07, 6.45) is -16.4. The summed E-state index contributed by atoms with van der Waals surface area (Å²) in [4.78, 5) is 0. The zero-order valence-corrected chi connectivity index (χ0v) is 9.60. The highest BCUT2D eigenvalue weighted by atomic mass is 35.5. The van der Waals surface area contributed by atoms with Crippen molar-refractivity contribution in [2.24, 2.45) is 0 Å². The molecule has 0 unspecified atom stereocenters. The monoisotopic (exact) mass is 332 g/mol. The number of hydrogen-bond donors (Lipinski definition) is 0. The van der Waals surface area contributed by atoms with Crippen LogP contribution in [0.15, 0.2) is 12.1 Å². The Balaban J connectivity index is 3.50. The van der Waals surface area contributed by atoms with Crippen molar-refractivity contribution in [2.75, 3.05) is 0 Å². The van der Waals surface area contributed by atoms with Gasteiger partial charge in [0.1, 0.15) is 5.75 Å². The summed E-state index contributed by atoms with van der Waals surface area (Å²) in [7, 11) is 0. The van der Waals surface area contributed by atoms with Crippen LogP contribution in [-0.4, -0.2) is 6.36 Å². The van der Waals surface area contributed by atoms with Gasteiger partial charge < -0.3 is 4.74 Å². The fourth-order valence-electron chi connectivity index (χ4n) is 1.29. The van der Waals surface area contributed by atoms with E-state index in [4.69, 9.17) is 11.6 Å². The highest BCUT2D eigenvalue weighted by molar-refractivity contribution is 6.31. The molecule has 0 bridgehead atoms. The Kier molecular flexibility index (Phi) is 4.10. The highest BCUT2D eigenvalue weighted by Crippen LogP contribution is 2.46. The molecule has 1 aromatic carbocycles. The molecule has 0 spiro atoms. The third-order valence-corrected chi connectivity index (χ3v) is 2.18. The van der Waals surface area contributed by atoms with Gasteiger partial charge in [0.2, 0.25) is 0 Å². The number of halogens is 10. The van der Waals surface area contributed by atoms with Crippen LogP contribution in [-0.2, 0) is 12.4 Å². The predicted molar refractivity (Wildman–Crippen MR) is 48.1 cm³/mol. The standard InChI is InChI=1S/C9H2ClF9O/c10-5-2-3(20-9(17,18)19)1-4(7(11,12)13)6(5)8(14,15)16/h1-2H. The molecule has 0 aliphatic rings. The maximum atomic E-state index is 12.5. The van der Waals surface area contributed by atoms with Crippen LogP contribution in [0.3, 0.4) is 0 Å². The molecule has 20 heavy (non-hydrogen) atoms. The molecule has 0 amide bonds. The molecule has 0 radical (unpaired) electrons. The molecule has 1 rings (SSSR count). The van der Waals surface area contributed by atoms with Crippen LogP contribution in [0.4, 0.5) is 39.5 Å². The molecule has 0 fully saturated rings. The molecular weight excluding hydrogens is 331 g/mol. The lowest BCUT2D eigenvalue weighted by atomic mass is 10.1. The average Bonchev–Trinajstić information content (AvgIpc) is 2.09. The highest BCUT2D eigenvalue weighted by Gasteiger charge is 2.46. The van der Waals surface area contributed by atoms with Crippen molar-refractivity contribution < 1.29 is 44.3 Å². The quantitative estimate of drug-likeness (QED) is 0.636. The molecule has 0 aliphatic carbocycles. The zero-order valence-electron chi connectivity index (χ0n) is 8.84. The van der Waals surface area contributed by atoms with Gasteiger partial charge in [-0.3, -0.25) is 0 Å². The maximum absolute atomic E-state index is 12.5. The summed E-state index contributed by atoms with van der Waals surface area (Å²) in [6.45, 7) is 0. The van der Waals surface area contributed by atoms with Gasteiger partial charge in [0.05, 0.1) is 16.1 Å². The second-order valence-corrected chi connectivity index (χ2v) is 3.78. The molecule has 0 heterocycles. The molecule has 0 saturated heterocycles. The maximum Gasteiger partial charge on any atom is 0.573 e. The van der Waals surface area contributed by atoms with E-state index in [2.05, 4.69) is 4.74 Å². The van der Waals surface area contributed by atoms with Crippen molar-refractivity contribution in [3.05, 3.63) is 28.3 Å². The first kappa shape index (κ1) is 16.7. The summed E-state index contributed by atoms with van der Waals surface area (Å²) < 4.78 is 114. The third-order valence-electron chi connectivity index (χ3n) is 1.89. The van der Waals surface area contributed by atoms with Gasteiger partial charge in [0.15, 0.2) is 0 Å². The first-order valence-corrected chi connectivity index (χ1v) is 4.83. The number of alkyl halides is 9. The van der Waals surface area contributed by atoms with Crippen LogP contribution >= 0.6 is 11.6 Å². The summed E-state index contributed by atoms with van der Waals surface area (Å²) >= 11 is 4.99. The molecule has 0 N–H and O–H groups in total. The molecule has 0 aliphatic heterocycles. The molecule has 1 nitrogen and oxygen atoms in total. The Hall–Kier alpha value is -1.32. The minimum atomic E-state index is -5.56. The van der Waals surface area contributed by atoms with E-state index in [1.807, 2.05) is 0 Å². The van der Waals surface area contributed by atoms with E-state index in [1.54, 1.807) is 0 Å². The smallest absolute Gasteiger partial charge is 0.406 e. The first-order valence-electron chi connectivity index (χ1n) is 4.45. The van der Waals surface area contributed by atoms with Gasteiger partial charge in [-0.25, -0.2) is 0 Å². The summed E-state index contributed by atoms with van der Waals surface area (Å²) in [5.74, 6) is -1.50. The van der Waals surface area contributed by atoms with E-state index in [0.29, 0.717) is 0 Å². The molecule has 11 heteroatoms. The van der Waals surface area contributed by atoms with Crippen molar-refractivity contribution in [3.63, 3.8) is 0 Å². The lowest BCUT2D eigenvalue weighted by Gasteiger charge is -2.18. The fraction of sp³-hybridized carbons (Fsp3) is 0.333. The largest absolute Gasteiger partial charge is 0.573 e. The van der Waals surface area contributed by atoms with Crippen LogP contribution in [0.2, 0.25) is 5.02 Å². The minimum absolute atomic E-state index is 0.00705. The Morgan fingerprint density at radius 1 is 0.800 bits per heavy atom. The molecule has 114 valence electrons. The SMILES string of the molecule is FC(F)(F)Oc1cc(Cl)c(C(F)(F)F)c(C(F)(F)F)c1. The lowest BCUT2D eigenvalue weighted by molar-refractivity contribution is -0.274. The van der Waals surface area contributed by atoms with Crippen molar-refractivity contribution in [1.82, 2.24) is 0 Å². The number of hydrogen-bond acceptors (Lipinski definition) is 1. The van der Waals surface area contributed by atoms with E-state index in [9.17, 15) is 39.5 Å². The number of rotatable bonds is 1. The van der Waals surface area contributed by atoms with Crippen molar-refractivity contribution >= 4 is 11.6 Å². The Morgan fingerprint density at radius 3 is 1.65 bits per heavy atom. The van der Waals surface area contributed by atoms with Crippen LogP contribution in [0, 0.1) is 0 Å². The predicted octanol–water partition coefficient (Wildman–Crippen LogP) is 5.28. The minimum Gasteiger partial charge on any atom is -0.406 e. The van der Waals surface area contributed by atoms with Gasteiger partial charge >= 0.3 is 18.7 Å². The van der Waals surface area contributed by atoms with Gasteiger partial charge in [-0.05, 0) is 12.1 Å². The van der Waals surface area contributed by atoms with E-state index >= 15 is 0 Å². The van der Waals surface area contributed by atoms with Gasteiger partial charge in [-0.1, -0.05) is 11.6 Å². The second-order valence-electron chi connectivity index (χ2n) is 3.37. The van der Waals surface area contributed by atoms with Crippen LogP contribution in [0.25, 0.3) is 0 Å². The molecule has 0 saturated carbocycles. The fourth-order valence-corrected chi connectivity index (χ4v) is 1.60. The van der Waals surface area contributed by atoms with Gasteiger partial charge in [-0.2, -0.15) is 26.3 Å². The first-order chi connectivity index (χ1) is 8.72. The lowest BCUT2D eigenvalue weighted by Crippen LogP contribution is -2.20. The summed E-state index contributed by atoms with van der Waals surface area (Å²) in [5, 5.41) is -1.55. The average molecular weight is 333 g/mol. The van der Waals surface area contributed by atoms with Gasteiger partial charge in [0, 0.05) is 0 Å². The van der Waals surface area contributed by atoms with E-state index in [0.717, 1.165) is 0 Å². The molecule has 1 aromatic rings. The number of ether oxygens (including phenoxy) is 1. The van der Waals surface area contributed by atoms with Crippen LogP contribution < -0.4 is 4.74 Å². The third kappa shape index (κ3) is 4.09. The number of benzene rings is 1.